The summed E-state index contributed by atoms with van der Waals surface area (Å²) in [6.07, 6.45) is 3.64. The van der Waals surface area contributed by atoms with Gasteiger partial charge in [-0.2, -0.15) is 0 Å². The number of unbranched alkanes of at least 4 members (excludes halogenated alkanes) is 1. The fraction of sp³-hybridized carbons (Fsp3) is 0.533. The molecule has 0 saturated heterocycles. The van der Waals surface area contributed by atoms with Crippen LogP contribution in [0.4, 0.5) is 0 Å². The van der Waals surface area contributed by atoms with Gasteiger partial charge in [0.05, 0.1) is 0 Å². The van der Waals surface area contributed by atoms with Crippen molar-refractivity contribution in [1.29, 1.82) is 0 Å². The molecule has 0 heterocycles. The maximum Gasteiger partial charge on any atom is 0.167 e. The normalized spacial score (nSPS) is 13.2. The molecule has 186 valence electrons. The van der Waals surface area contributed by atoms with Crippen LogP contribution in [-0.2, 0) is 0 Å². The van der Waals surface area contributed by atoms with Gasteiger partial charge in [0.1, 0.15) is 0 Å². The zero-order valence-corrected chi connectivity index (χ0v) is 21.7. The van der Waals surface area contributed by atoms with Gasteiger partial charge in [-0.15, -0.1) is 0 Å². The molecule has 2 aromatic carbocycles. The Kier molecular flexibility index (Phi) is 12.8. The van der Waals surface area contributed by atoms with Crippen LogP contribution in [0.15, 0.2) is 60.7 Å². The number of carbonyl (C=O) groups excluding carboxylic acids is 2. The second-order valence-electron chi connectivity index (χ2n) is 9.11. The number of Topliss-reactive ketones (excluding diaryl/α,β-unsaturated/α-hetero) is 2. The second-order valence-corrected chi connectivity index (χ2v) is 9.11. The van der Waals surface area contributed by atoms with Crippen LogP contribution in [0, 0.1) is 11.8 Å². The SMILES string of the molecule is CCN(CC)CC(CCCCC(CN(CC)CC)C(=O)c1ccccc1)C(=O)c1ccccc1. The Morgan fingerprint density at radius 3 is 1.21 bits per heavy atom. The molecule has 0 radical (unpaired) electrons. The molecule has 0 bridgehead atoms. The molecule has 34 heavy (non-hydrogen) atoms. The van der Waals surface area contributed by atoms with Crippen molar-refractivity contribution in [3.05, 3.63) is 71.8 Å². The van der Waals surface area contributed by atoms with Gasteiger partial charge in [0.25, 0.3) is 0 Å². The molecular formula is C30H44N2O2. The Bertz CT molecular complexity index is 758. The number of rotatable bonds is 17. The van der Waals surface area contributed by atoms with Gasteiger partial charge in [0.2, 0.25) is 0 Å². The van der Waals surface area contributed by atoms with Crippen molar-refractivity contribution in [2.24, 2.45) is 11.8 Å². The van der Waals surface area contributed by atoms with Crippen LogP contribution in [-0.4, -0.2) is 60.6 Å². The Balaban J connectivity index is 2.03. The zero-order valence-electron chi connectivity index (χ0n) is 21.7. The van der Waals surface area contributed by atoms with Gasteiger partial charge in [-0.05, 0) is 39.0 Å². The van der Waals surface area contributed by atoms with E-state index in [9.17, 15) is 9.59 Å². The third-order valence-corrected chi connectivity index (χ3v) is 6.96. The van der Waals surface area contributed by atoms with E-state index < -0.39 is 0 Å². The molecule has 0 aliphatic rings. The molecule has 0 aromatic heterocycles. The van der Waals surface area contributed by atoms with Crippen LogP contribution in [0.1, 0.15) is 74.1 Å². The van der Waals surface area contributed by atoms with E-state index in [1.54, 1.807) is 0 Å². The summed E-state index contributed by atoms with van der Waals surface area (Å²) in [4.78, 5) is 31.2. The molecule has 4 nitrogen and oxygen atoms in total. The van der Waals surface area contributed by atoms with Gasteiger partial charge in [0, 0.05) is 36.1 Å². The van der Waals surface area contributed by atoms with Crippen LogP contribution in [0.3, 0.4) is 0 Å². The molecule has 2 unspecified atom stereocenters. The number of benzene rings is 2. The molecule has 2 aromatic rings. The lowest BCUT2D eigenvalue weighted by atomic mass is 9.88. The van der Waals surface area contributed by atoms with Gasteiger partial charge in [0.15, 0.2) is 11.6 Å². The van der Waals surface area contributed by atoms with Crippen molar-refractivity contribution in [3.8, 4) is 0 Å². The monoisotopic (exact) mass is 464 g/mol. The highest BCUT2D eigenvalue weighted by Crippen LogP contribution is 2.22. The minimum absolute atomic E-state index is 0.00615. The van der Waals surface area contributed by atoms with Crippen LogP contribution in [0.25, 0.3) is 0 Å². The van der Waals surface area contributed by atoms with Gasteiger partial charge < -0.3 is 9.80 Å². The smallest absolute Gasteiger partial charge is 0.167 e. The maximum absolute atomic E-state index is 13.3. The number of ketones is 2. The van der Waals surface area contributed by atoms with Gasteiger partial charge in [-0.25, -0.2) is 0 Å². The molecule has 0 spiro atoms. The average molecular weight is 465 g/mol. The summed E-state index contributed by atoms with van der Waals surface area (Å²) in [7, 11) is 0. The summed E-state index contributed by atoms with van der Waals surface area (Å²) in [5.41, 5.74) is 1.61. The van der Waals surface area contributed by atoms with Gasteiger partial charge in [-0.1, -0.05) is 101 Å². The van der Waals surface area contributed by atoms with Crippen molar-refractivity contribution in [1.82, 2.24) is 9.80 Å². The third-order valence-electron chi connectivity index (χ3n) is 6.96. The second kappa shape index (κ2) is 15.6. The lowest BCUT2D eigenvalue weighted by Crippen LogP contribution is -2.34. The van der Waals surface area contributed by atoms with E-state index in [2.05, 4.69) is 37.5 Å². The van der Waals surface area contributed by atoms with E-state index in [1.807, 2.05) is 60.7 Å². The maximum atomic E-state index is 13.3. The number of hydrogen-bond acceptors (Lipinski definition) is 4. The zero-order chi connectivity index (χ0) is 24.8. The van der Waals surface area contributed by atoms with Crippen molar-refractivity contribution < 1.29 is 9.59 Å². The first-order valence-electron chi connectivity index (χ1n) is 13.2. The fourth-order valence-electron chi connectivity index (χ4n) is 4.66. The number of carbonyl (C=O) groups is 2. The van der Waals surface area contributed by atoms with Crippen LogP contribution < -0.4 is 0 Å². The lowest BCUT2D eigenvalue weighted by Gasteiger charge is -2.26. The highest BCUT2D eigenvalue weighted by molar-refractivity contribution is 5.98. The Labute approximate surface area is 207 Å². The van der Waals surface area contributed by atoms with E-state index >= 15 is 0 Å². The molecule has 0 fully saturated rings. The molecule has 0 aliphatic carbocycles. The predicted octanol–water partition coefficient (Wildman–Crippen LogP) is 6.23. The first-order valence-corrected chi connectivity index (χ1v) is 13.2. The molecule has 0 amide bonds. The molecular weight excluding hydrogens is 420 g/mol. The van der Waals surface area contributed by atoms with E-state index in [0.29, 0.717) is 0 Å². The minimum Gasteiger partial charge on any atom is -0.303 e. The third kappa shape index (κ3) is 8.81. The van der Waals surface area contributed by atoms with Gasteiger partial charge in [-0.3, -0.25) is 9.59 Å². The van der Waals surface area contributed by atoms with Crippen molar-refractivity contribution in [2.45, 2.75) is 53.4 Å². The Hall–Kier alpha value is -2.30. The highest BCUT2D eigenvalue weighted by atomic mass is 16.1. The summed E-state index contributed by atoms with van der Waals surface area (Å²) in [5.74, 6) is 0.474. The topological polar surface area (TPSA) is 40.6 Å². The minimum atomic E-state index is -0.00615. The first-order chi connectivity index (χ1) is 16.5. The lowest BCUT2D eigenvalue weighted by molar-refractivity contribution is 0.0852. The summed E-state index contributed by atoms with van der Waals surface area (Å²) in [5, 5.41) is 0. The largest absolute Gasteiger partial charge is 0.303 e. The quantitative estimate of drug-likeness (QED) is 0.206. The van der Waals surface area contributed by atoms with Crippen molar-refractivity contribution in [3.63, 3.8) is 0 Å². The van der Waals surface area contributed by atoms with Gasteiger partial charge >= 0.3 is 0 Å². The molecule has 0 N–H and O–H groups in total. The van der Waals surface area contributed by atoms with E-state index in [0.717, 1.165) is 76.1 Å². The summed E-state index contributed by atoms with van der Waals surface area (Å²) < 4.78 is 0. The molecule has 0 saturated carbocycles. The van der Waals surface area contributed by atoms with Crippen molar-refractivity contribution in [2.75, 3.05) is 39.3 Å². The molecule has 4 heteroatoms. The summed E-state index contributed by atoms with van der Waals surface area (Å²) >= 11 is 0. The molecule has 2 rings (SSSR count). The van der Waals surface area contributed by atoms with Crippen molar-refractivity contribution >= 4 is 11.6 Å². The first kappa shape index (κ1) is 27.9. The fourth-order valence-corrected chi connectivity index (χ4v) is 4.66. The highest BCUT2D eigenvalue weighted by Gasteiger charge is 2.24. The molecule has 2 atom stereocenters. The number of hydrogen-bond donors (Lipinski definition) is 0. The molecule has 0 aliphatic heterocycles. The Morgan fingerprint density at radius 2 is 0.912 bits per heavy atom. The van der Waals surface area contributed by atoms with E-state index in [-0.39, 0.29) is 23.4 Å². The summed E-state index contributed by atoms with van der Waals surface area (Å²) in [6.45, 7) is 14.0. The van der Waals surface area contributed by atoms with Crippen LogP contribution in [0.2, 0.25) is 0 Å². The van der Waals surface area contributed by atoms with E-state index in [1.165, 1.54) is 0 Å². The summed E-state index contributed by atoms with van der Waals surface area (Å²) in [6, 6.07) is 19.4. The van der Waals surface area contributed by atoms with Crippen LogP contribution in [0.5, 0.6) is 0 Å². The van der Waals surface area contributed by atoms with E-state index in [4.69, 9.17) is 0 Å². The van der Waals surface area contributed by atoms with Crippen LogP contribution >= 0.6 is 0 Å². The number of nitrogens with zero attached hydrogens (tertiary/aromatic N) is 2. The predicted molar refractivity (Wildman–Crippen MR) is 143 cm³/mol. The average Bonchev–Trinajstić information content (AvgIpc) is 2.90. The standard InChI is InChI=1S/C30H44N2O2/c1-5-31(6-2)23-27(29(33)25-17-11-9-12-18-25)21-15-16-22-28(24-32(7-3)8-4)30(34)26-19-13-10-14-20-26/h9-14,17-20,27-28H,5-8,15-16,21-24H2,1-4H3. The Morgan fingerprint density at radius 1 is 0.588 bits per heavy atom.